The van der Waals surface area contributed by atoms with Gasteiger partial charge in [-0.05, 0) is 30.7 Å². The molecule has 0 bridgehead atoms. The van der Waals surface area contributed by atoms with E-state index in [4.69, 9.17) is 0 Å². The molecule has 1 aromatic carbocycles. The molecule has 1 aliphatic rings. The van der Waals surface area contributed by atoms with Gasteiger partial charge < -0.3 is 4.74 Å². The molecule has 0 radical (unpaired) electrons. The summed E-state index contributed by atoms with van der Waals surface area (Å²) in [4.78, 5) is 23.8. The lowest BCUT2D eigenvalue weighted by molar-refractivity contribution is 0.0193. The molecule has 1 aromatic rings. The summed E-state index contributed by atoms with van der Waals surface area (Å²) in [6.07, 6.45) is 0.259. The van der Waals surface area contributed by atoms with Gasteiger partial charge in [-0.25, -0.2) is 14.8 Å². The molecule has 5 nitrogen and oxygen atoms in total. The van der Waals surface area contributed by atoms with E-state index in [9.17, 15) is 9.59 Å². The first-order chi connectivity index (χ1) is 8.63. The zero-order valence-corrected chi connectivity index (χ0v) is 11.5. The number of methoxy groups -OCH3 is 1. The first kappa shape index (κ1) is 12.9. The van der Waals surface area contributed by atoms with E-state index in [1.165, 1.54) is 17.1 Å². The minimum Gasteiger partial charge on any atom is -0.452 e. The molecule has 18 heavy (non-hydrogen) atoms. The van der Waals surface area contributed by atoms with Gasteiger partial charge in [0.2, 0.25) is 0 Å². The minimum absolute atomic E-state index is 0.189. The van der Waals surface area contributed by atoms with E-state index in [1.54, 1.807) is 24.3 Å². The van der Waals surface area contributed by atoms with Crippen LogP contribution in [0.3, 0.4) is 0 Å². The second-order valence-electron chi connectivity index (χ2n) is 3.88. The van der Waals surface area contributed by atoms with E-state index in [1.807, 2.05) is 0 Å². The second kappa shape index (κ2) is 5.39. The summed E-state index contributed by atoms with van der Waals surface area (Å²) in [7, 11) is 1.31. The highest BCUT2D eigenvalue weighted by molar-refractivity contribution is 9.10. The van der Waals surface area contributed by atoms with Crippen LogP contribution in [0.15, 0.2) is 28.7 Å². The molecule has 2 rings (SSSR count). The largest absolute Gasteiger partial charge is 0.452 e. The maximum absolute atomic E-state index is 12.3. The Hall–Kier alpha value is -1.56. The zero-order valence-electron chi connectivity index (χ0n) is 9.93. The minimum atomic E-state index is -0.502. The molecule has 0 aromatic heterocycles. The molecule has 0 saturated carbocycles. The molecule has 0 unspecified atom stereocenters. The number of carbonyl (C=O) groups excluding carboxylic acids is 2. The van der Waals surface area contributed by atoms with Crippen molar-refractivity contribution in [3.8, 4) is 0 Å². The van der Waals surface area contributed by atoms with Crippen LogP contribution in [0.1, 0.15) is 16.8 Å². The summed E-state index contributed by atoms with van der Waals surface area (Å²) >= 11 is 3.31. The Kier molecular flexibility index (Phi) is 3.86. The average molecular weight is 313 g/mol. The van der Waals surface area contributed by atoms with Gasteiger partial charge in [-0.2, -0.15) is 0 Å². The highest BCUT2D eigenvalue weighted by Crippen LogP contribution is 2.17. The molecule has 96 valence electrons. The fraction of sp³-hybridized carbons (Fsp3) is 0.333. The summed E-state index contributed by atoms with van der Waals surface area (Å²) in [5, 5.41) is 2.76. The molecule has 1 aliphatic heterocycles. The van der Waals surface area contributed by atoms with Crippen molar-refractivity contribution >= 4 is 27.9 Å². The maximum atomic E-state index is 12.3. The van der Waals surface area contributed by atoms with Crippen molar-refractivity contribution in [3.63, 3.8) is 0 Å². The second-order valence-corrected chi connectivity index (χ2v) is 4.80. The van der Waals surface area contributed by atoms with Crippen molar-refractivity contribution in [3.05, 3.63) is 34.3 Å². The molecule has 0 aliphatic carbocycles. The number of carbonyl (C=O) groups is 2. The van der Waals surface area contributed by atoms with E-state index in [-0.39, 0.29) is 5.91 Å². The van der Waals surface area contributed by atoms with Crippen molar-refractivity contribution in [2.24, 2.45) is 0 Å². The van der Waals surface area contributed by atoms with Gasteiger partial charge in [-0.3, -0.25) is 4.79 Å². The number of hydrogen-bond donors (Lipinski definition) is 0. The highest BCUT2D eigenvalue weighted by atomic mass is 79.9. The lowest BCUT2D eigenvalue weighted by Gasteiger charge is -2.26. The van der Waals surface area contributed by atoms with Crippen molar-refractivity contribution in [1.82, 2.24) is 10.0 Å². The predicted molar refractivity (Wildman–Crippen MR) is 68.9 cm³/mol. The van der Waals surface area contributed by atoms with E-state index < -0.39 is 6.09 Å². The van der Waals surface area contributed by atoms with Gasteiger partial charge in [0.15, 0.2) is 0 Å². The number of hydrogen-bond acceptors (Lipinski definition) is 3. The van der Waals surface area contributed by atoms with E-state index >= 15 is 0 Å². The van der Waals surface area contributed by atoms with Crippen LogP contribution in [0, 0.1) is 0 Å². The predicted octanol–water partition coefficient (Wildman–Crippen LogP) is 2.28. The molecular weight excluding hydrogens is 300 g/mol. The van der Waals surface area contributed by atoms with Crippen LogP contribution < -0.4 is 0 Å². The highest BCUT2D eigenvalue weighted by Gasteiger charge is 2.31. The number of ether oxygens (including phenoxy) is 1. The van der Waals surface area contributed by atoms with Gasteiger partial charge in [0.05, 0.1) is 7.11 Å². The molecule has 2 amide bonds. The Balaban J connectivity index is 2.17. The van der Waals surface area contributed by atoms with Gasteiger partial charge in [-0.15, -0.1) is 0 Å². The van der Waals surface area contributed by atoms with Crippen LogP contribution in [-0.2, 0) is 4.74 Å². The zero-order chi connectivity index (χ0) is 13.1. The lowest BCUT2D eigenvalue weighted by atomic mass is 10.2. The number of halogens is 1. The number of benzene rings is 1. The summed E-state index contributed by atoms with van der Waals surface area (Å²) in [6, 6.07) is 7.04. The van der Waals surface area contributed by atoms with Crippen LogP contribution in [0.25, 0.3) is 0 Å². The SMILES string of the molecule is COC(=O)N1CCCN1C(=O)c1ccc(Br)cc1. The molecule has 0 spiro atoms. The monoisotopic (exact) mass is 312 g/mol. The third-order valence-corrected chi connectivity index (χ3v) is 3.27. The summed E-state index contributed by atoms with van der Waals surface area (Å²) in [6.45, 7) is 1.04. The number of rotatable bonds is 1. The topological polar surface area (TPSA) is 49.9 Å². The van der Waals surface area contributed by atoms with Crippen molar-refractivity contribution in [2.75, 3.05) is 20.2 Å². The Bertz CT molecular complexity index is 461. The van der Waals surface area contributed by atoms with Gasteiger partial charge in [0.25, 0.3) is 5.91 Å². The summed E-state index contributed by atoms with van der Waals surface area (Å²) in [5.41, 5.74) is 0.550. The van der Waals surface area contributed by atoms with Gasteiger partial charge in [0.1, 0.15) is 0 Å². The number of nitrogens with zero attached hydrogens (tertiary/aromatic N) is 2. The van der Waals surface area contributed by atoms with Gasteiger partial charge in [-0.1, -0.05) is 15.9 Å². The van der Waals surface area contributed by atoms with Crippen LogP contribution in [-0.4, -0.2) is 42.2 Å². The van der Waals surface area contributed by atoms with Crippen LogP contribution in [0.5, 0.6) is 0 Å². The maximum Gasteiger partial charge on any atom is 0.428 e. The van der Waals surface area contributed by atoms with Gasteiger partial charge in [0, 0.05) is 23.1 Å². The molecule has 1 fully saturated rings. The van der Waals surface area contributed by atoms with E-state index in [0.29, 0.717) is 18.7 Å². The third-order valence-electron chi connectivity index (χ3n) is 2.74. The first-order valence-electron chi connectivity index (χ1n) is 5.56. The fourth-order valence-electron chi connectivity index (χ4n) is 1.86. The van der Waals surface area contributed by atoms with Crippen molar-refractivity contribution in [1.29, 1.82) is 0 Å². The summed E-state index contributed by atoms with van der Waals surface area (Å²) in [5.74, 6) is -0.189. The number of amides is 2. The first-order valence-corrected chi connectivity index (χ1v) is 6.35. The standard InChI is InChI=1S/C12H13BrN2O3/c1-18-12(17)15-8-2-7-14(15)11(16)9-3-5-10(13)6-4-9/h3-6H,2,7-8H2,1H3. The van der Waals surface area contributed by atoms with Crippen LogP contribution in [0.4, 0.5) is 4.79 Å². The Morgan fingerprint density at radius 1 is 1.17 bits per heavy atom. The molecular formula is C12H13BrN2O3. The number of hydrazine groups is 1. The van der Waals surface area contributed by atoms with E-state index in [0.717, 1.165) is 10.9 Å². The molecule has 1 saturated heterocycles. The molecule has 6 heteroatoms. The fourth-order valence-corrected chi connectivity index (χ4v) is 2.12. The smallest absolute Gasteiger partial charge is 0.428 e. The Labute approximate surface area is 113 Å². The molecule has 0 N–H and O–H groups in total. The van der Waals surface area contributed by atoms with Crippen LogP contribution in [0.2, 0.25) is 0 Å². The third kappa shape index (κ3) is 2.48. The molecule has 0 atom stereocenters. The quantitative estimate of drug-likeness (QED) is 0.799. The van der Waals surface area contributed by atoms with Gasteiger partial charge >= 0.3 is 6.09 Å². The Morgan fingerprint density at radius 3 is 2.39 bits per heavy atom. The van der Waals surface area contributed by atoms with Crippen molar-refractivity contribution < 1.29 is 14.3 Å². The Morgan fingerprint density at radius 2 is 1.78 bits per heavy atom. The summed E-state index contributed by atoms with van der Waals surface area (Å²) < 4.78 is 5.56. The van der Waals surface area contributed by atoms with Crippen molar-refractivity contribution in [2.45, 2.75) is 6.42 Å². The average Bonchev–Trinajstić information content (AvgIpc) is 2.87. The normalized spacial score (nSPS) is 14.8. The van der Waals surface area contributed by atoms with Crippen LogP contribution >= 0.6 is 15.9 Å². The van der Waals surface area contributed by atoms with E-state index in [2.05, 4.69) is 20.7 Å². The molecule has 1 heterocycles. The lowest BCUT2D eigenvalue weighted by Crippen LogP contribution is -2.44.